The van der Waals surface area contributed by atoms with Gasteiger partial charge in [0.1, 0.15) is 5.78 Å². The van der Waals surface area contributed by atoms with Crippen molar-refractivity contribution in [3.05, 3.63) is 180 Å². The van der Waals surface area contributed by atoms with E-state index in [4.69, 9.17) is 68.5 Å². The molecule has 7 aliphatic rings. The Morgan fingerprint density at radius 3 is 1.27 bits per heavy atom. The molecule has 9 atom stereocenters. The van der Waals surface area contributed by atoms with Crippen LogP contribution in [-0.2, 0) is 28.7 Å². The van der Waals surface area contributed by atoms with Crippen LogP contribution in [0.2, 0.25) is 25.1 Å². The number of carbonyl (C=O) groups excluding carboxylic acids is 5. The van der Waals surface area contributed by atoms with Crippen LogP contribution in [0, 0.1) is 10.8 Å². The summed E-state index contributed by atoms with van der Waals surface area (Å²) in [7, 11) is 0. The smallest absolute Gasteiger partial charge is 0.313 e. The molecular weight excluding hydrogens is 1130 g/mol. The molecule has 10 nitrogen and oxygen atoms in total. The normalized spacial score (nSPS) is 26.8. The number of fused-ring (bicyclic) bond motifs is 2. The van der Waals surface area contributed by atoms with Crippen molar-refractivity contribution in [2.45, 2.75) is 159 Å². The molecule has 5 saturated carbocycles. The molecule has 3 amide bonds. The molecule has 5 aromatic carbocycles. The van der Waals surface area contributed by atoms with Crippen LogP contribution >= 0.6 is 70.4 Å². The average molecular weight is 1210 g/mol. The largest absolute Gasteiger partial charge is 0.448 e. The van der Waals surface area contributed by atoms with E-state index in [9.17, 15) is 24.0 Å². The molecule has 2 bridgehead atoms. The van der Waals surface area contributed by atoms with Crippen molar-refractivity contribution in [2.24, 2.45) is 16.6 Å². The van der Waals surface area contributed by atoms with E-state index in [2.05, 4.69) is 28.1 Å². The Kier molecular flexibility index (Phi) is 21.2. The topological polar surface area (TPSA) is 157 Å². The zero-order chi connectivity index (χ0) is 56.8. The highest BCUT2D eigenvalue weighted by Gasteiger charge is 2.75. The fraction of sp³-hybridized carbons (Fsp3) is 0.422. The number of amides is 3. The Bertz CT molecular complexity index is 3030. The molecule has 5 aromatic rings. The summed E-state index contributed by atoms with van der Waals surface area (Å²) in [5.41, 5.74) is 12.1. The lowest BCUT2D eigenvalue weighted by atomic mass is 9.66. The van der Waals surface area contributed by atoms with Gasteiger partial charge in [-0.05, 0) is 178 Å². The third-order valence-corrected chi connectivity index (χ3v) is 19.0. The molecule has 1 saturated heterocycles. The zero-order valence-corrected chi connectivity index (χ0v) is 50.5. The second kappa shape index (κ2) is 27.0. The summed E-state index contributed by atoms with van der Waals surface area (Å²) >= 11 is 29.1. The molecule has 1 heterocycles. The quantitative estimate of drug-likeness (QED) is 0.107. The van der Waals surface area contributed by atoms with Crippen molar-refractivity contribution >= 4 is 105 Å². The summed E-state index contributed by atoms with van der Waals surface area (Å²) < 4.78 is 5.69. The van der Waals surface area contributed by atoms with Gasteiger partial charge in [-0.25, -0.2) is 0 Å². The number of hydrogen-bond acceptors (Lipinski definition) is 7. The molecule has 1 unspecified atom stereocenters. The summed E-state index contributed by atoms with van der Waals surface area (Å²) in [6.07, 6.45) is 11.6. The van der Waals surface area contributed by atoms with E-state index in [-0.39, 0.29) is 48.1 Å². The highest BCUT2D eigenvalue weighted by molar-refractivity contribution is 6.31. The van der Waals surface area contributed by atoms with Crippen LogP contribution < -0.4 is 21.7 Å². The maximum Gasteiger partial charge on any atom is 0.313 e. The van der Waals surface area contributed by atoms with Gasteiger partial charge in [0, 0.05) is 92.4 Å². The molecule has 0 radical (unpaired) electrons. The van der Waals surface area contributed by atoms with Crippen molar-refractivity contribution < 1.29 is 28.7 Å². The number of nitrogens with one attached hydrogen (secondary N) is 3. The molecule has 80 heavy (non-hydrogen) atoms. The number of nitrogens with two attached hydrogens (primary N) is 1. The highest BCUT2D eigenvalue weighted by atomic mass is 35.5. The van der Waals surface area contributed by atoms with E-state index in [1.54, 1.807) is 6.92 Å². The van der Waals surface area contributed by atoms with Gasteiger partial charge >= 0.3 is 5.97 Å². The predicted octanol–water partition coefficient (Wildman–Crippen LogP) is 15.3. The second-order valence-electron chi connectivity index (χ2n) is 22.7. The molecule has 6 fully saturated rings. The molecule has 5 N–H and O–H groups in total. The summed E-state index contributed by atoms with van der Waals surface area (Å²) in [4.78, 5) is 58.4. The number of rotatable bonds is 9. The number of Topliss-reactive ketones (excluding diaryl/α,β-unsaturated/α-hetero) is 1. The van der Waals surface area contributed by atoms with Gasteiger partial charge in [-0.1, -0.05) is 133 Å². The van der Waals surface area contributed by atoms with Crippen molar-refractivity contribution in [1.82, 2.24) is 16.0 Å². The van der Waals surface area contributed by atoms with Crippen LogP contribution in [0.25, 0.3) is 5.57 Å². The minimum absolute atomic E-state index is 0. The Morgan fingerprint density at radius 2 is 0.963 bits per heavy atom. The van der Waals surface area contributed by atoms with Crippen LogP contribution in [-0.4, -0.2) is 53.2 Å². The minimum atomic E-state index is -1.03. The minimum Gasteiger partial charge on any atom is -0.448 e. The molecule has 12 rings (SSSR count). The Morgan fingerprint density at radius 1 is 0.525 bits per heavy atom. The zero-order valence-electron chi connectivity index (χ0n) is 45.9. The lowest BCUT2D eigenvalue weighted by Gasteiger charge is -2.41. The van der Waals surface area contributed by atoms with E-state index in [1.165, 1.54) is 35.6 Å². The first-order valence-electron chi connectivity index (χ1n) is 27.5. The van der Waals surface area contributed by atoms with E-state index in [1.807, 2.05) is 130 Å². The van der Waals surface area contributed by atoms with Gasteiger partial charge in [0.25, 0.3) is 5.91 Å². The van der Waals surface area contributed by atoms with Gasteiger partial charge in [-0.2, -0.15) is 0 Å². The molecule has 0 aromatic heterocycles. The number of hydrogen-bond donors (Lipinski definition) is 4. The summed E-state index contributed by atoms with van der Waals surface area (Å²) in [5, 5.41) is 12.7. The van der Waals surface area contributed by atoms with E-state index < -0.39 is 16.4 Å². The van der Waals surface area contributed by atoms with Gasteiger partial charge in [0.05, 0.1) is 5.41 Å². The first-order chi connectivity index (χ1) is 37.6. The highest BCUT2D eigenvalue weighted by Crippen LogP contribution is 2.65. The number of esters is 1. The van der Waals surface area contributed by atoms with Crippen molar-refractivity contribution in [3.8, 4) is 0 Å². The lowest BCUT2D eigenvalue weighted by molar-refractivity contribution is -0.169. The number of benzene rings is 5. The van der Waals surface area contributed by atoms with Gasteiger partial charge in [0.2, 0.25) is 11.8 Å². The number of carbonyl (C=O) groups is 5. The number of ketones is 1. The van der Waals surface area contributed by atoms with Crippen LogP contribution in [0.1, 0.15) is 163 Å². The third-order valence-electron chi connectivity index (χ3n) is 17.8. The van der Waals surface area contributed by atoms with Gasteiger partial charge in [-0.15, -0.1) is 12.4 Å². The second-order valence-corrected chi connectivity index (χ2v) is 24.9. The van der Waals surface area contributed by atoms with Gasteiger partial charge < -0.3 is 26.4 Å². The van der Waals surface area contributed by atoms with Crippen LogP contribution in [0.3, 0.4) is 0 Å². The number of halogens is 6. The molecular formula is C64H72Cl6N4O6. The van der Waals surface area contributed by atoms with Crippen LogP contribution in [0.5, 0.6) is 0 Å². The van der Waals surface area contributed by atoms with Gasteiger partial charge in [0.15, 0.2) is 5.60 Å². The van der Waals surface area contributed by atoms with E-state index in [0.717, 1.165) is 94.7 Å². The predicted molar refractivity (Wildman–Crippen MR) is 325 cm³/mol. The first kappa shape index (κ1) is 62.7. The van der Waals surface area contributed by atoms with Crippen molar-refractivity contribution in [2.75, 3.05) is 0 Å². The summed E-state index contributed by atoms with van der Waals surface area (Å²) in [5.74, 6) is 1.53. The van der Waals surface area contributed by atoms with Crippen LogP contribution in [0.15, 0.2) is 127 Å². The lowest BCUT2D eigenvalue weighted by Crippen LogP contribution is -2.58. The first-order valence-corrected chi connectivity index (χ1v) is 29.4. The Labute approximate surface area is 502 Å². The van der Waals surface area contributed by atoms with Crippen LogP contribution in [0.4, 0.5) is 0 Å². The molecule has 16 heteroatoms. The molecule has 1 aliphatic heterocycles. The number of allylic oxidation sites excluding steroid dienone is 2. The summed E-state index contributed by atoms with van der Waals surface area (Å²) in [6, 6.07) is 39.7. The standard InChI is InChI=1S/C20H24ClNO3.C12H14ClNO.C12H12ClNO.C10H12ClN.C10H9ClO.ClH/c1-18(2)19(3)10-11-20(18,25-17(19)24)16(23)22-15-9-8-14(15)12-4-6-13(21)7-5-12;2*1-8(15)14-12-7-6-11(12)9-2-4-10(13)5-3-9;2*11-8-3-1-7(2-4-8)9-5-6-10(9)12;/h4-7,14-15H,8-11H2,1-3H3,(H,22,23);2-5,11-12H,6-7H2,1H3,(H,14,15);2-5H,6-7H2,1H3,(H,14,15);1-4,9-10H,5-6,12H2;1-4,9H,5-6H2;1H/t14-,15-,19+,20-;11-,12-;;9-,10-;;/m00.0../s1. The monoisotopic (exact) mass is 1200 g/mol. The van der Waals surface area contributed by atoms with Crippen molar-refractivity contribution in [1.29, 1.82) is 0 Å². The third kappa shape index (κ3) is 14.1. The fourth-order valence-electron chi connectivity index (χ4n) is 11.7. The molecule has 426 valence electrons. The molecule has 0 spiro atoms. The number of ether oxygens (including phenoxy) is 1. The van der Waals surface area contributed by atoms with Crippen molar-refractivity contribution in [3.63, 3.8) is 0 Å². The Balaban J connectivity index is 0.000000149. The van der Waals surface area contributed by atoms with Gasteiger partial charge in [-0.3, -0.25) is 24.0 Å². The maximum atomic E-state index is 13.2. The Hall–Kier alpha value is -4.91. The summed E-state index contributed by atoms with van der Waals surface area (Å²) in [6.45, 7) is 9.00. The maximum absolute atomic E-state index is 13.2. The molecule has 6 aliphatic carbocycles. The van der Waals surface area contributed by atoms with E-state index in [0.29, 0.717) is 53.5 Å². The SMILES string of the molecule is CC(=O)NC1=C(c2ccc(Cl)cc2)CC1.CC(=O)N[C@H]1CC[C@H]1c1ccc(Cl)cc1.CC1(C)[C@@]2(C(=O)N[C@H]3CC[C@H]3c3ccc(Cl)cc3)CC[C@]1(C)C(=O)O2.Cl.N[C@H]1CC[C@H]1c1ccc(Cl)cc1.O=C1CCC1c1ccc(Cl)cc1. The average Bonchev–Trinajstić information content (AvgIpc) is 3.95. The van der Waals surface area contributed by atoms with E-state index >= 15 is 0 Å². The fourth-order valence-corrected chi connectivity index (χ4v) is 12.3.